The zero-order chi connectivity index (χ0) is 14.0. The van der Waals surface area contributed by atoms with E-state index in [0.717, 1.165) is 5.69 Å². The molecule has 0 bridgehead atoms. The van der Waals surface area contributed by atoms with Gasteiger partial charge in [-0.15, -0.1) is 0 Å². The minimum atomic E-state index is -0.454. The van der Waals surface area contributed by atoms with E-state index in [9.17, 15) is 10.1 Å². The van der Waals surface area contributed by atoms with Crippen LogP contribution in [0.3, 0.4) is 0 Å². The minimum Gasteiger partial charge on any atom is -0.358 e. The van der Waals surface area contributed by atoms with E-state index in [0.29, 0.717) is 18.1 Å². The molecule has 0 aliphatic carbocycles. The number of hydrogen-bond donors (Lipinski definition) is 1. The van der Waals surface area contributed by atoms with Gasteiger partial charge in [-0.3, -0.25) is 9.97 Å². The summed E-state index contributed by atoms with van der Waals surface area (Å²) in [6.07, 6.45) is 4.40. The van der Waals surface area contributed by atoms with Gasteiger partial charge in [-0.05, 0) is 18.8 Å². The molecule has 0 aromatic carbocycles. The Balaban J connectivity index is 2.48. The summed E-state index contributed by atoms with van der Waals surface area (Å²) in [6, 6.07) is 0. The monoisotopic (exact) mass is 279 g/mol. The van der Waals surface area contributed by atoms with Crippen molar-refractivity contribution in [1.82, 2.24) is 19.5 Å². The van der Waals surface area contributed by atoms with Crippen LogP contribution in [0.15, 0.2) is 18.6 Å². The van der Waals surface area contributed by atoms with Gasteiger partial charge < -0.3 is 10.1 Å². The second-order valence-corrected chi connectivity index (χ2v) is 4.42. The van der Waals surface area contributed by atoms with Crippen molar-refractivity contribution in [2.45, 2.75) is 25.6 Å². The number of hydrogen-bond acceptors (Lipinski definition) is 6. The molecule has 0 radical (unpaired) electrons. The minimum absolute atomic E-state index is 0.0434. The van der Waals surface area contributed by atoms with Crippen molar-refractivity contribution in [1.29, 1.82) is 0 Å². The van der Waals surface area contributed by atoms with E-state index >= 15 is 0 Å². The van der Waals surface area contributed by atoms with Crippen molar-refractivity contribution in [3.05, 3.63) is 45.9 Å². The number of nitro groups is 1. The highest BCUT2D eigenvalue weighted by molar-refractivity contribution is 7.80. The van der Waals surface area contributed by atoms with Crippen molar-refractivity contribution >= 4 is 18.4 Å². The van der Waals surface area contributed by atoms with Crippen LogP contribution in [0, 0.1) is 17.0 Å². The molecule has 19 heavy (non-hydrogen) atoms. The first kappa shape index (κ1) is 13.5. The zero-order valence-electron chi connectivity index (χ0n) is 10.5. The predicted octanol–water partition coefficient (Wildman–Crippen LogP) is 1.93. The highest BCUT2D eigenvalue weighted by Crippen LogP contribution is 2.29. The van der Waals surface area contributed by atoms with Gasteiger partial charge in [-0.25, -0.2) is 9.55 Å². The van der Waals surface area contributed by atoms with Gasteiger partial charge in [-0.2, -0.15) is 12.6 Å². The lowest BCUT2D eigenvalue weighted by Crippen LogP contribution is -2.10. The topological polar surface area (TPSA) is 86.7 Å². The van der Waals surface area contributed by atoms with Crippen molar-refractivity contribution in [3.63, 3.8) is 0 Å². The second kappa shape index (κ2) is 5.35. The van der Waals surface area contributed by atoms with E-state index in [1.165, 1.54) is 10.8 Å². The Kier molecular flexibility index (Phi) is 3.79. The van der Waals surface area contributed by atoms with Gasteiger partial charge in [0, 0.05) is 12.4 Å². The third-order valence-electron chi connectivity index (χ3n) is 2.79. The van der Waals surface area contributed by atoms with Crippen LogP contribution in [0.25, 0.3) is 0 Å². The molecule has 0 spiro atoms. The maximum atomic E-state index is 10.9. The summed E-state index contributed by atoms with van der Waals surface area (Å²) in [5, 5.41) is 10.5. The lowest BCUT2D eigenvalue weighted by molar-refractivity contribution is -0.392. The summed E-state index contributed by atoms with van der Waals surface area (Å²) in [6.45, 7) is 4.09. The molecule has 0 fully saturated rings. The Hall–Kier alpha value is -1.96. The normalized spacial score (nSPS) is 12.4. The molecule has 0 saturated carbocycles. The molecule has 2 aromatic rings. The van der Waals surface area contributed by atoms with Crippen LogP contribution in [0.5, 0.6) is 0 Å². The third kappa shape index (κ3) is 2.43. The maximum absolute atomic E-state index is 10.9. The smallest absolute Gasteiger partial charge is 0.342 e. The van der Waals surface area contributed by atoms with Gasteiger partial charge in [0.05, 0.1) is 17.9 Å². The predicted molar refractivity (Wildman–Crippen MR) is 72.2 cm³/mol. The lowest BCUT2D eigenvalue weighted by atomic mass is 10.2. The number of rotatable bonds is 4. The van der Waals surface area contributed by atoms with Gasteiger partial charge >= 0.3 is 5.82 Å². The first-order valence-corrected chi connectivity index (χ1v) is 6.23. The fourth-order valence-electron chi connectivity index (χ4n) is 1.88. The van der Waals surface area contributed by atoms with Crippen LogP contribution in [0.1, 0.15) is 29.4 Å². The molecule has 2 heterocycles. The van der Waals surface area contributed by atoms with Crippen LogP contribution >= 0.6 is 12.6 Å². The zero-order valence-corrected chi connectivity index (χ0v) is 11.4. The van der Waals surface area contributed by atoms with E-state index < -0.39 is 10.2 Å². The molecule has 2 rings (SSSR count). The molecule has 2 aromatic heterocycles. The lowest BCUT2D eigenvalue weighted by Gasteiger charge is -2.10. The number of thiol groups is 1. The summed E-state index contributed by atoms with van der Waals surface area (Å²) < 4.78 is 1.52. The molecule has 0 N–H and O–H groups in total. The Labute approximate surface area is 115 Å². The molecular weight excluding hydrogens is 266 g/mol. The van der Waals surface area contributed by atoms with Crippen LogP contribution in [0.2, 0.25) is 0 Å². The molecule has 1 unspecified atom stereocenters. The summed E-state index contributed by atoms with van der Waals surface area (Å²) >= 11 is 4.48. The quantitative estimate of drug-likeness (QED) is 0.525. The standard InChI is InChI=1S/C11H13N5O2S/c1-3-15-8(16(17)18)6-14-11(15)10(19)9-7(2)12-4-5-13-9/h4-6,10,19H,3H2,1-2H3. The highest BCUT2D eigenvalue weighted by atomic mass is 32.1. The van der Waals surface area contributed by atoms with Crippen molar-refractivity contribution in [2.75, 3.05) is 0 Å². The summed E-state index contributed by atoms with van der Waals surface area (Å²) in [5.41, 5.74) is 1.39. The van der Waals surface area contributed by atoms with Crippen LogP contribution < -0.4 is 0 Å². The van der Waals surface area contributed by atoms with Crippen LogP contribution in [-0.2, 0) is 6.54 Å². The first-order chi connectivity index (χ1) is 9.06. The molecule has 1 atom stereocenters. The summed E-state index contributed by atoms with van der Waals surface area (Å²) in [7, 11) is 0. The molecular formula is C11H13N5O2S. The Morgan fingerprint density at radius 2 is 2.11 bits per heavy atom. The van der Waals surface area contributed by atoms with Gasteiger partial charge in [0.25, 0.3) is 0 Å². The molecule has 8 heteroatoms. The molecule has 0 saturated heterocycles. The van der Waals surface area contributed by atoms with Crippen molar-refractivity contribution in [3.8, 4) is 0 Å². The largest absolute Gasteiger partial charge is 0.358 e. The van der Waals surface area contributed by atoms with E-state index in [4.69, 9.17) is 0 Å². The molecule has 100 valence electrons. The Bertz CT molecular complexity index is 613. The van der Waals surface area contributed by atoms with Crippen molar-refractivity contribution in [2.24, 2.45) is 0 Å². The van der Waals surface area contributed by atoms with Gasteiger partial charge in [-0.1, -0.05) is 0 Å². The van der Waals surface area contributed by atoms with E-state index in [1.54, 1.807) is 12.4 Å². The number of nitrogens with zero attached hydrogens (tertiary/aromatic N) is 5. The fraction of sp³-hybridized carbons (Fsp3) is 0.364. The number of imidazole rings is 1. The average Bonchev–Trinajstić information content (AvgIpc) is 2.82. The van der Waals surface area contributed by atoms with Crippen molar-refractivity contribution < 1.29 is 4.92 Å². The molecule has 0 aliphatic rings. The molecule has 0 aliphatic heterocycles. The number of aryl methyl sites for hydroxylation is 1. The van der Waals surface area contributed by atoms with Gasteiger partial charge in [0.1, 0.15) is 11.4 Å². The van der Waals surface area contributed by atoms with Crippen LogP contribution in [0.4, 0.5) is 5.82 Å². The Morgan fingerprint density at radius 3 is 2.68 bits per heavy atom. The third-order valence-corrected chi connectivity index (χ3v) is 3.27. The molecule has 0 amide bonds. The van der Waals surface area contributed by atoms with E-state index in [2.05, 4.69) is 27.6 Å². The highest BCUT2D eigenvalue weighted by Gasteiger charge is 2.26. The van der Waals surface area contributed by atoms with E-state index in [-0.39, 0.29) is 5.82 Å². The molecule has 7 nitrogen and oxygen atoms in total. The summed E-state index contributed by atoms with van der Waals surface area (Å²) in [5.74, 6) is 0.458. The average molecular weight is 279 g/mol. The Morgan fingerprint density at radius 1 is 1.42 bits per heavy atom. The second-order valence-electron chi connectivity index (χ2n) is 3.91. The first-order valence-electron chi connectivity index (χ1n) is 5.71. The fourth-order valence-corrected chi connectivity index (χ4v) is 2.34. The maximum Gasteiger partial charge on any atom is 0.342 e. The van der Waals surface area contributed by atoms with Gasteiger partial charge in [0.15, 0.2) is 0 Å². The number of aromatic nitrogens is 4. The van der Waals surface area contributed by atoms with Gasteiger partial charge in [0.2, 0.25) is 5.82 Å². The summed E-state index contributed by atoms with van der Waals surface area (Å²) in [4.78, 5) is 22.9. The van der Waals surface area contributed by atoms with Crippen LogP contribution in [-0.4, -0.2) is 24.4 Å². The SMILES string of the molecule is CCn1c([N+](=O)[O-])cnc1C(S)c1nccnc1C. The van der Waals surface area contributed by atoms with E-state index in [1.807, 2.05) is 13.8 Å².